The minimum Gasteiger partial charge on any atom is -0.299 e. The van der Waals surface area contributed by atoms with Crippen LogP contribution in [0, 0.1) is 0 Å². The molecule has 6 aliphatic carbocycles. The van der Waals surface area contributed by atoms with Gasteiger partial charge in [-0.15, -0.1) is 0 Å². The van der Waals surface area contributed by atoms with Gasteiger partial charge in [-0.2, -0.15) is 0 Å². The van der Waals surface area contributed by atoms with Crippen molar-refractivity contribution in [1.29, 1.82) is 0 Å². The summed E-state index contributed by atoms with van der Waals surface area (Å²) < 4.78 is 11.4. The lowest BCUT2D eigenvalue weighted by molar-refractivity contribution is 0.343. The van der Waals surface area contributed by atoms with E-state index in [0.29, 0.717) is 23.7 Å². The molecular weight excluding hydrogens is 667 g/mol. The van der Waals surface area contributed by atoms with E-state index in [1.165, 1.54) is 113 Å². The van der Waals surface area contributed by atoms with Gasteiger partial charge >= 0.3 is 0 Å². The van der Waals surface area contributed by atoms with E-state index < -0.39 is 0 Å². The predicted molar refractivity (Wildman–Crippen MR) is 231 cm³/mol. The molecule has 3 aromatic carbocycles. The number of imidazole rings is 2. The van der Waals surface area contributed by atoms with Crippen LogP contribution in [0.5, 0.6) is 0 Å². The molecule has 2 saturated carbocycles. The zero-order valence-electron chi connectivity index (χ0n) is 34.5. The molecular formula is C50H55BN4. The minimum atomic E-state index is 0.0230. The largest absolute Gasteiger partial charge is 0.299 e. The van der Waals surface area contributed by atoms with Crippen molar-refractivity contribution in [3.05, 3.63) is 88.0 Å². The quantitative estimate of drug-likeness (QED) is 0.139. The molecule has 2 aliphatic heterocycles. The van der Waals surface area contributed by atoms with Crippen LogP contribution in [0.4, 0.5) is 0 Å². The zero-order chi connectivity index (χ0) is 37.4. The fourth-order valence-electron chi connectivity index (χ4n) is 13.2. The third-order valence-corrected chi connectivity index (χ3v) is 16.0. The molecule has 8 aliphatic rings. The van der Waals surface area contributed by atoms with Crippen LogP contribution in [0.3, 0.4) is 0 Å². The maximum Gasteiger partial charge on any atom is 0.258 e. The Kier molecular flexibility index (Phi) is 5.64. The summed E-state index contributed by atoms with van der Waals surface area (Å²) in [6, 6.07) is 20.5. The van der Waals surface area contributed by atoms with Gasteiger partial charge in [-0.1, -0.05) is 86.6 Å². The van der Waals surface area contributed by atoms with E-state index in [0.717, 1.165) is 0 Å². The van der Waals surface area contributed by atoms with Crippen LogP contribution in [0.25, 0.3) is 44.5 Å². The Morgan fingerprint density at radius 3 is 1.16 bits per heavy atom. The fraction of sp³-hybridized carbons (Fsp3) is 0.480. The number of nitrogens with zero attached hydrogens (tertiary/aromatic N) is 4. The minimum absolute atomic E-state index is 0.0230. The summed E-state index contributed by atoms with van der Waals surface area (Å²) >= 11 is 0. The molecule has 4 nitrogen and oxygen atoms in total. The monoisotopic (exact) mass is 722 g/mol. The van der Waals surface area contributed by atoms with Crippen LogP contribution in [0.2, 0.25) is 0 Å². The average Bonchev–Trinajstić information content (AvgIpc) is 3.89. The van der Waals surface area contributed by atoms with Crippen LogP contribution in [-0.4, -0.2) is 24.6 Å². The third kappa shape index (κ3) is 3.70. The summed E-state index contributed by atoms with van der Waals surface area (Å²) in [6.45, 7) is 21.8. The molecule has 5 heteroatoms. The summed E-state index contributed by atoms with van der Waals surface area (Å²) in [6.07, 6.45) is 10.6. The number of rotatable bonds is 0. The SMILES string of the molecule is CC(C)(C)c1cc2c3c(c1)-n1c4c(n5c6cc(C(C)(C)C)ccc6c(c15)B3c1c3ccc(C(C)(C)C)cc3n3c5c(n-2c13)C1CCC5CC1)C1CCC4CC1. The predicted octanol–water partition coefficient (Wildman–Crippen LogP) is 10.6. The Morgan fingerprint density at radius 1 is 0.436 bits per heavy atom. The van der Waals surface area contributed by atoms with Gasteiger partial charge in [0.25, 0.3) is 6.71 Å². The van der Waals surface area contributed by atoms with Crippen LogP contribution < -0.4 is 16.4 Å². The zero-order valence-corrected chi connectivity index (χ0v) is 34.5. The van der Waals surface area contributed by atoms with Crippen molar-refractivity contribution in [3.63, 3.8) is 0 Å². The molecule has 6 heterocycles. The molecule has 4 aromatic heterocycles. The maximum absolute atomic E-state index is 2.88. The van der Waals surface area contributed by atoms with Crippen LogP contribution in [0.15, 0.2) is 48.5 Å². The highest BCUT2D eigenvalue weighted by atomic mass is 15.2. The Hall–Kier alpha value is -4.12. The van der Waals surface area contributed by atoms with Crippen LogP contribution >= 0.6 is 0 Å². The molecule has 0 saturated heterocycles. The van der Waals surface area contributed by atoms with E-state index in [4.69, 9.17) is 0 Å². The Labute approximate surface area is 326 Å². The van der Waals surface area contributed by atoms with Crippen molar-refractivity contribution in [3.8, 4) is 11.4 Å². The molecule has 0 unspecified atom stereocenters. The maximum atomic E-state index is 2.88. The van der Waals surface area contributed by atoms with Crippen molar-refractivity contribution < 1.29 is 0 Å². The Balaban J connectivity index is 1.28. The fourth-order valence-corrected chi connectivity index (χ4v) is 13.2. The van der Waals surface area contributed by atoms with Gasteiger partial charge in [0.05, 0.1) is 11.0 Å². The van der Waals surface area contributed by atoms with E-state index in [-0.39, 0.29) is 23.0 Å². The standard InChI is InChI=1S/C50H55BN4/c1-48(2,3)30-18-20-33-35(22-30)52-42-26-10-14-28(15-11-26)44(42)54-37-24-32(50(7,8)9)25-38-41(37)51(39(33)46(52)54)40-34-21-19-31(49(4,5)6)23-36(34)53-43-27-12-16-29(17-13-27)45(43)55(38)47(40)53/h18-29H,10-17H2,1-9H3. The molecule has 55 heavy (non-hydrogen) atoms. The average molecular weight is 723 g/mol. The normalized spacial score (nSPS) is 23.5. The van der Waals surface area contributed by atoms with Gasteiger partial charge in [0.1, 0.15) is 11.3 Å². The van der Waals surface area contributed by atoms with E-state index in [1.807, 2.05) is 0 Å². The highest BCUT2D eigenvalue weighted by Crippen LogP contribution is 2.55. The van der Waals surface area contributed by atoms with Crippen molar-refractivity contribution in [2.75, 3.05) is 0 Å². The van der Waals surface area contributed by atoms with E-state index in [9.17, 15) is 0 Å². The first-order valence-electron chi connectivity index (χ1n) is 21.9. The van der Waals surface area contributed by atoms with Gasteiger partial charge in [-0.3, -0.25) is 17.9 Å². The second-order valence-electron chi connectivity index (χ2n) is 22.0. The van der Waals surface area contributed by atoms with Gasteiger partial charge < -0.3 is 0 Å². The highest BCUT2D eigenvalue weighted by Gasteiger charge is 2.51. The smallest absolute Gasteiger partial charge is 0.258 e. The molecule has 278 valence electrons. The van der Waals surface area contributed by atoms with Gasteiger partial charge in [0.15, 0.2) is 0 Å². The summed E-state index contributed by atoms with van der Waals surface area (Å²) in [7, 11) is 0. The second-order valence-corrected chi connectivity index (χ2v) is 22.0. The van der Waals surface area contributed by atoms with Gasteiger partial charge in [-0.05, 0) is 136 Å². The van der Waals surface area contributed by atoms with Crippen molar-refractivity contribution in [2.24, 2.45) is 0 Å². The first kappa shape index (κ1) is 32.0. The lowest BCUT2D eigenvalue weighted by Gasteiger charge is -2.40. The van der Waals surface area contributed by atoms with Gasteiger partial charge in [-0.25, -0.2) is 0 Å². The van der Waals surface area contributed by atoms with E-state index in [2.05, 4.69) is 129 Å². The Bertz CT molecular complexity index is 2710. The summed E-state index contributed by atoms with van der Waals surface area (Å²) in [5.74, 6) is 2.53. The van der Waals surface area contributed by atoms with Gasteiger partial charge in [0.2, 0.25) is 0 Å². The summed E-state index contributed by atoms with van der Waals surface area (Å²) in [4.78, 5) is 0. The molecule has 4 bridgehead atoms. The van der Waals surface area contributed by atoms with Crippen molar-refractivity contribution in [1.82, 2.24) is 17.9 Å². The first-order chi connectivity index (χ1) is 26.2. The summed E-state index contributed by atoms with van der Waals surface area (Å²) in [5.41, 5.74) is 24.6. The molecule has 0 spiro atoms. The third-order valence-electron chi connectivity index (χ3n) is 16.0. The topological polar surface area (TPSA) is 18.7 Å². The number of fused-ring (bicyclic) bond motifs is 14. The Morgan fingerprint density at radius 2 is 0.800 bits per heavy atom. The van der Waals surface area contributed by atoms with E-state index in [1.54, 1.807) is 39.2 Å². The lowest BCUT2D eigenvalue weighted by atomic mass is 9.34. The summed E-state index contributed by atoms with van der Waals surface area (Å²) in [5, 5.41) is 2.93. The second kappa shape index (κ2) is 9.70. The highest BCUT2D eigenvalue weighted by molar-refractivity contribution is 7.02. The molecule has 0 atom stereocenters. The van der Waals surface area contributed by atoms with Crippen LogP contribution in [-0.2, 0) is 16.2 Å². The molecule has 0 N–H and O–H groups in total. The molecule has 0 radical (unpaired) electrons. The molecule has 15 rings (SSSR count). The van der Waals surface area contributed by atoms with E-state index >= 15 is 0 Å². The lowest BCUT2D eigenvalue weighted by Crippen LogP contribution is -2.59. The van der Waals surface area contributed by atoms with Gasteiger partial charge in [0, 0.05) is 57.8 Å². The number of hydrogen-bond acceptors (Lipinski definition) is 0. The first-order valence-corrected chi connectivity index (χ1v) is 21.9. The number of hydrogen-bond donors (Lipinski definition) is 0. The van der Waals surface area contributed by atoms with Crippen molar-refractivity contribution in [2.45, 2.75) is 154 Å². The molecule has 2 fully saturated rings. The molecule has 0 amide bonds. The molecule has 7 aromatic rings. The van der Waals surface area contributed by atoms with Crippen LogP contribution in [0.1, 0.15) is 177 Å². The van der Waals surface area contributed by atoms with Crippen molar-refractivity contribution >= 4 is 56.2 Å². The number of aromatic nitrogens is 4. The number of benzene rings is 3.